The number of fused-ring (bicyclic) bond motifs is 1. The lowest BCUT2D eigenvalue weighted by Gasteiger charge is -2.24. The highest BCUT2D eigenvalue weighted by atomic mass is 16.5. The Balaban J connectivity index is 1.78. The molecule has 156 valence electrons. The Hall–Kier alpha value is -3.93. The number of carbonyl (C=O) groups excluding carboxylic acids is 1. The van der Waals surface area contributed by atoms with Crippen molar-refractivity contribution in [1.29, 1.82) is 0 Å². The largest absolute Gasteiger partial charge is 0.497 e. The van der Waals surface area contributed by atoms with Gasteiger partial charge in [-0.05, 0) is 72.8 Å². The van der Waals surface area contributed by atoms with Gasteiger partial charge in [-0.25, -0.2) is 0 Å². The lowest BCUT2D eigenvalue weighted by atomic mass is 10.1. The number of rotatable bonds is 5. The second-order valence-electron chi connectivity index (χ2n) is 7.48. The maximum atomic E-state index is 13.4. The van der Waals surface area contributed by atoms with Crippen LogP contribution in [0.1, 0.15) is 27.0 Å². The van der Waals surface area contributed by atoms with E-state index in [1.807, 2.05) is 50.2 Å². The van der Waals surface area contributed by atoms with Crippen molar-refractivity contribution >= 4 is 22.5 Å². The molecule has 0 aliphatic rings. The van der Waals surface area contributed by atoms with Crippen LogP contribution in [0.2, 0.25) is 0 Å². The highest BCUT2D eigenvalue weighted by molar-refractivity contribution is 6.05. The molecule has 0 saturated carbocycles. The Morgan fingerprint density at radius 2 is 1.90 bits per heavy atom. The predicted octanol–water partition coefficient (Wildman–Crippen LogP) is 4.40. The number of aryl methyl sites for hydroxylation is 2. The van der Waals surface area contributed by atoms with Crippen LogP contribution in [0.25, 0.3) is 10.9 Å². The maximum absolute atomic E-state index is 13.4. The molecule has 6 heteroatoms. The quantitative estimate of drug-likeness (QED) is 0.526. The van der Waals surface area contributed by atoms with Crippen molar-refractivity contribution < 1.29 is 9.53 Å². The van der Waals surface area contributed by atoms with Gasteiger partial charge in [-0.3, -0.25) is 14.6 Å². The Morgan fingerprint density at radius 3 is 2.61 bits per heavy atom. The van der Waals surface area contributed by atoms with Crippen molar-refractivity contribution in [3.63, 3.8) is 0 Å². The van der Waals surface area contributed by atoms with Gasteiger partial charge >= 0.3 is 0 Å². The second-order valence-corrected chi connectivity index (χ2v) is 7.48. The minimum absolute atomic E-state index is 0.132. The van der Waals surface area contributed by atoms with E-state index in [0.717, 1.165) is 22.2 Å². The van der Waals surface area contributed by atoms with Gasteiger partial charge < -0.3 is 14.6 Å². The fourth-order valence-corrected chi connectivity index (χ4v) is 3.46. The van der Waals surface area contributed by atoms with E-state index < -0.39 is 0 Å². The fourth-order valence-electron chi connectivity index (χ4n) is 3.46. The summed E-state index contributed by atoms with van der Waals surface area (Å²) in [5, 5.41) is 0.865. The van der Waals surface area contributed by atoms with E-state index in [-0.39, 0.29) is 18.0 Å². The van der Waals surface area contributed by atoms with Crippen molar-refractivity contribution in [1.82, 2.24) is 9.97 Å². The molecule has 0 bridgehead atoms. The zero-order chi connectivity index (χ0) is 22.0. The average Bonchev–Trinajstić information content (AvgIpc) is 2.79. The minimum atomic E-state index is -0.242. The molecule has 2 heterocycles. The summed E-state index contributed by atoms with van der Waals surface area (Å²) in [7, 11) is 1.58. The van der Waals surface area contributed by atoms with Gasteiger partial charge in [0.1, 0.15) is 5.75 Å². The number of hydrogen-bond acceptors (Lipinski definition) is 4. The maximum Gasteiger partial charge on any atom is 0.260 e. The van der Waals surface area contributed by atoms with E-state index >= 15 is 0 Å². The van der Waals surface area contributed by atoms with Crippen molar-refractivity contribution in [3.05, 3.63) is 99.6 Å². The molecular weight excluding hydrogens is 390 g/mol. The van der Waals surface area contributed by atoms with E-state index in [2.05, 4.69) is 9.97 Å². The molecule has 1 N–H and O–H groups in total. The molecule has 6 nitrogen and oxygen atoms in total. The molecule has 0 aliphatic carbocycles. The normalized spacial score (nSPS) is 10.8. The lowest BCUT2D eigenvalue weighted by molar-refractivity contribution is 0.0984. The summed E-state index contributed by atoms with van der Waals surface area (Å²) in [6.45, 7) is 4.16. The third-order valence-electron chi connectivity index (χ3n) is 5.41. The molecule has 0 radical (unpaired) electrons. The number of hydrogen-bond donors (Lipinski definition) is 1. The van der Waals surface area contributed by atoms with Crippen LogP contribution in [0.5, 0.6) is 5.75 Å². The predicted molar refractivity (Wildman–Crippen MR) is 122 cm³/mol. The monoisotopic (exact) mass is 413 g/mol. The third kappa shape index (κ3) is 4.19. The molecule has 0 spiro atoms. The first-order chi connectivity index (χ1) is 15.0. The smallest absolute Gasteiger partial charge is 0.260 e. The van der Waals surface area contributed by atoms with Crippen LogP contribution in [0.3, 0.4) is 0 Å². The number of aromatic amines is 1. The van der Waals surface area contributed by atoms with Crippen LogP contribution in [0.4, 0.5) is 5.69 Å². The van der Waals surface area contributed by atoms with Crippen molar-refractivity contribution in [2.45, 2.75) is 20.4 Å². The van der Waals surface area contributed by atoms with Gasteiger partial charge in [-0.2, -0.15) is 0 Å². The summed E-state index contributed by atoms with van der Waals surface area (Å²) in [6.07, 6.45) is 3.16. The van der Waals surface area contributed by atoms with Crippen LogP contribution in [-0.2, 0) is 6.54 Å². The van der Waals surface area contributed by atoms with E-state index in [1.165, 1.54) is 6.20 Å². The Kier molecular flexibility index (Phi) is 5.54. The Labute approximate surface area is 180 Å². The van der Waals surface area contributed by atoms with Crippen LogP contribution in [0, 0.1) is 13.8 Å². The molecule has 4 rings (SSSR count). The standard InChI is InChI=1S/C25H23N3O3/c1-16-6-8-21(11-17(16)2)28(25(30)19-5-4-10-26-14-19)15-20-12-18-7-9-22(31-3)13-23(18)27-24(20)29/h4-14H,15H2,1-3H3,(H,27,29). The van der Waals surface area contributed by atoms with Crippen molar-refractivity contribution in [2.24, 2.45) is 0 Å². The van der Waals surface area contributed by atoms with E-state index in [1.54, 1.807) is 36.4 Å². The summed E-state index contributed by atoms with van der Waals surface area (Å²) >= 11 is 0. The topological polar surface area (TPSA) is 75.3 Å². The first kappa shape index (κ1) is 20.3. The number of H-pyrrole nitrogens is 1. The summed E-state index contributed by atoms with van der Waals surface area (Å²) in [5.41, 5.74) is 4.33. The third-order valence-corrected chi connectivity index (χ3v) is 5.41. The number of amides is 1. The summed E-state index contributed by atoms with van der Waals surface area (Å²) in [5.74, 6) is 0.449. The van der Waals surface area contributed by atoms with Crippen LogP contribution in [0.15, 0.2) is 71.8 Å². The number of carbonyl (C=O) groups is 1. The molecule has 1 amide bonds. The van der Waals surface area contributed by atoms with Gasteiger partial charge in [0.25, 0.3) is 11.5 Å². The number of nitrogens with one attached hydrogen (secondary N) is 1. The first-order valence-corrected chi connectivity index (χ1v) is 9.95. The van der Waals surface area contributed by atoms with Crippen molar-refractivity contribution in [3.8, 4) is 5.75 Å². The molecule has 0 fully saturated rings. The van der Waals surface area contributed by atoms with E-state index in [4.69, 9.17) is 4.74 Å². The van der Waals surface area contributed by atoms with Crippen LogP contribution >= 0.6 is 0 Å². The second kappa shape index (κ2) is 8.44. The van der Waals surface area contributed by atoms with Gasteiger partial charge in [-0.15, -0.1) is 0 Å². The van der Waals surface area contributed by atoms with E-state index in [0.29, 0.717) is 22.4 Å². The fraction of sp³-hybridized carbons (Fsp3) is 0.160. The molecule has 2 aromatic heterocycles. The zero-order valence-electron chi connectivity index (χ0n) is 17.7. The number of ether oxygens (including phenoxy) is 1. The minimum Gasteiger partial charge on any atom is -0.497 e. The van der Waals surface area contributed by atoms with Gasteiger partial charge in [0.15, 0.2) is 0 Å². The Bertz CT molecular complexity index is 1310. The molecule has 0 unspecified atom stereocenters. The Morgan fingerprint density at radius 1 is 1.06 bits per heavy atom. The van der Waals surface area contributed by atoms with E-state index in [9.17, 15) is 9.59 Å². The lowest BCUT2D eigenvalue weighted by Crippen LogP contribution is -2.33. The molecule has 2 aromatic carbocycles. The zero-order valence-corrected chi connectivity index (χ0v) is 17.7. The summed E-state index contributed by atoms with van der Waals surface area (Å²) in [4.78, 5) is 34.8. The molecule has 0 atom stereocenters. The van der Waals surface area contributed by atoms with Gasteiger partial charge in [0.05, 0.1) is 24.7 Å². The molecule has 31 heavy (non-hydrogen) atoms. The van der Waals surface area contributed by atoms with Crippen LogP contribution < -0.4 is 15.2 Å². The number of anilines is 1. The van der Waals surface area contributed by atoms with Gasteiger partial charge in [-0.1, -0.05) is 6.07 Å². The molecule has 0 saturated heterocycles. The SMILES string of the molecule is COc1ccc2cc(CN(C(=O)c3cccnc3)c3ccc(C)c(C)c3)c(=O)[nH]c2c1. The van der Waals surface area contributed by atoms with Crippen molar-refractivity contribution in [2.75, 3.05) is 12.0 Å². The molecule has 0 aliphatic heterocycles. The first-order valence-electron chi connectivity index (χ1n) is 9.95. The number of aromatic nitrogens is 2. The number of benzene rings is 2. The van der Waals surface area contributed by atoms with Gasteiger partial charge in [0.2, 0.25) is 0 Å². The molecular formula is C25H23N3O3. The highest BCUT2D eigenvalue weighted by Gasteiger charge is 2.20. The number of methoxy groups -OCH3 is 1. The number of nitrogens with zero attached hydrogens (tertiary/aromatic N) is 2. The summed E-state index contributed by atoms with van der Waals surface area (Å²) in [6, 6.07) is 16.6. The van der Waals surface area contributed by atoms with Gasteiger partial charge in [0, 0.05) is 29.7 Å². The molecule has 4 aromatic rings. The number of pyridine rings is 2. The average molecular weight is 413 g/mol. The highest BCUT2D eigenvalue weighted by Crippen LogP contribution is 2.24. The summed E-state index contributed by atoms with van der Waals surface area (Å²) < 4.78 is 5.24. The van der Waals surface area contributed by atoms with Crippen LogP contribution in [-0.4, -0.2) is 23.0 Å².